The van der Waals surface area contributed by atoms with E-state index in [4.69, 9.17) is 15.2 Å². The largest absolute Gasteiger partial charge is 0.496 e. The number of aliphatic hydroxyl groups is 1. The van der Waals surface area contributed by atoms with Crippen LogP contribution in [0.2, 0.25) is 0 Å². The number of nitrogens with zero attached hydrogens (tertiary/aromatic N) is 1. The molecule has 140 valence electrons. The lowest BCUT2D eigenvalue weighted by Gasteiger charge is -2.36. The molecule has 1 aromatic rings. The van der Waals surface area contributed by atoms with Crippen LogP contribution in [0.4, 0.5) is 0 Å². The number of hydrogen-bond acceptors (Lipinski definition) is 5. The molecule has 1 aliphatic heterocycles. The summed E-state index contributed by atoms with van der Waals surface area (Å²) in [4.78, 5) is 14.7. The van der Waals surface area contributed by atoms with Crippen LogP contribution in [0, 0.1) is 11.8 Å². The Morgan fingerprint density at radius 2 is 1.96 bits per heavy atom. The highest BCUT2D eigenvalue weighted by atomic mass is 35.5. The first-order valence-corrected chi connectivity index (χ1v) is 8.51. The standard InChI is InChI=1S/C18H26N2O4.ClH/c1-23-15-6-7-16(24-2)17-13(15)9-20(10-14(17)21)18(22)12-5-3-4-11(12)8-19;/h6-7,11-12,14,21H,3-5,8-10,19H2,1-2H3;1H/t11-,12-,14?;/m1./s1. The van der Waals surface area contributed by atoms with Gasteiger partial charge in [0.1, 0.15) is 17.6 Å². The van der Waals surface area contributed by atoms with Crippen LogP contribution in [0.15, 0.2) is 12.1 Å². The lowest BCUT2D eigenvalue weighted by Crippen LogP contribution is -2.43. The maximum atomic E-state index is 13.0. The number of nitrogens with two attached hydrogens (primary N) is 1. The van der Waals surface area contributed by atoms with E-state index in [0.29, 0.717) is 24.6 Å². The highest BCUT2D eigenvalue weighted by molar-refractivity contribution is 5.85. The van der Waals surface area contributed by atoms with Crippen LogP contribution < -0.4 is 15.2 Å². The second-order valence-corrected chi connectivity index (χ2v) is 6.63. The summed E-state index contributed by atoms with van der Waals surface area (Å²) in [5, 5.41) is 10.6. The molecule has 1 aromatic carbocycles. The lowest BCUT2D eigenvalue weighted by atomic mass is 9.91. The van der Waals surface area contributed by atoms with Crippen molar-refractivity contribution in [1.29, 1.82) is 0 Å². The summed E-state index contributed by atoms with van der Waals surface area (Å²) in [6.45, 7) is 1.25. The van der Waals surface area contributed by atoms with Crippen molar-refractivity contribution in [1.82, 2.24) is 4.90 Å². The Hall–Kier alpha value is -1.50. The number of rotatable bonds is 4. The molecule has 1 aliphatic carbocycles. The van der Waals surface area contributed by atoms with Gasteiger partial charge >= 0.3 is 0 Å². The number of carbonyl (C=O) groups excluding carboxylic acids is 1. The van der Waals surface area contributed by atoms with Gasteiger partial charge in [0.25, 0.3) is 0 Å². The summed E-state index contributed by atoms with van der Waals surface area (Å²) in [5.41, 5.74) is 7.37. The number of hydrogen-bond donors (Lipinski definition) is 2. The number of fused-ring (bicyclic) bond motifs is 1. The Bertz CT molecular complexity index is 625. The van der Waals surface area contributed by atoms with Crippen LogP contribution >= 0.6 is 12.4 Å². The topological polar surface area (TPSA) is 85.0 Å². The molecule has 1 heterocycles. The predicted octanol–water partition coefficient (Wildman–Crippen LogP) is 1.88. The van der Waals surface area contributed by atoms with Gasteiger partial charge < -0.3 is 25.2 Å². The zero-order valence-electron chi connectivity index (χ0n) is 14.7. The van der Waals surface area contributed by atoms with Gasteiger partial charge in [0, 0.05) is 23.6 Å². The first-order chi connectivity index (χ1) is 11.6. The van der Waals surface area contributed by atoms with E-state index in [0.717, 1.165) is 30.4 Å². The molecule has 1 unspecified atom stereocenters. The van der Waals surface area contributed by atoms with Gasteiger partial charge in [0.15, 0.2) is 0 Å². The Morgan fingerprint density at radius 1 is 1.28 bits per heavy atom. The van der Waals surface area contributed by atoms with E-state index in [2.05, 4.69) is 0 Å². The Balaban J connectivity index is 0.00000225. The molecule has 3 rings (SSSR count). The van der Waals surface area contributed by atoms with Gasteiger partial charge in [-0.1, -0.05) is 6.42 Å². The first-order valence-electron chi connectivity index (χ1n) is 8.51. The first kappa shape index (κ1) is 19.8. The zero-order chi connectivity index (χ0) is 17.3. The van der Waals surface area contributed by atoms with Gasteiger partial charge in [-0.3, -0.25) is 4.79 Å². The molecule has 1 saturated carbocycles. The van der Waals surface area contributed by atoms with Crippen molar-refractivity contribution in [3.05, 3.63) is 23.3 Å². The minimum Gasteiger partial charge on any atom is -0.496 e. The van der Waals surface area contributed by atoms with Crippen LogP contribution in [0.5, 0.6) is 11.5 Å². The summed E-state index contributed by atoms with van der Waals surface area (Å²) in [6, 6.07) is 3.61. The number of methoxy groups -OCH3 is 2. The minimum absolute atomic E-state index is 0. The third-order valence-corrected chi connectivity index (χ3v) is 5.38. The normalized spacial score (nSPS) is 25.1. The molecule has 0 spiro atoms. The Kier molecular flexibility index (Phi) is 6.54. The monoisotopic (exact) mass is 370 g/mol. The van der Waals surface area contributed by atoms with Crippen molar-refractivity contribution in [3.63, 3.8) is 0 Å². The Morgan fingerprint density at radius 3 is 2.60 bits per heavy atom. The molecule has 1 amide bonds. The van der Waals surface area contributed by atoms with Gasteiger partial charge in [0.2, 0.25) is 5.91 Å². The second-order valence-electron chi connectivity index (χ2n) is 6.63. The molecule has 7 heteroatoms. The molecule has 0 bridgehead atoms. The van der Waals surface area contributed by atoms with Crippen LogP contribution in [0.1, 0.15) is 36.5 Å². The number of benzene rings is 1. The van der Waals surface area contributed by atoms with Gasteiger partial charge in [-0.2, -0.15) is 0 Å². The van der Waals surface area contributed by atoms with Gasteiger partial charge in [-0.15, -0.1) is 12.4 Å². The molecular formula is C18H27ClN2O4. The van der Waals surface area contributed by atoms with E-state index < -0.39 is 6.10 Å². The minimum atomic E-state index is -0.777. The van der Waals surface area contributed by atoms with E-state index in [1.165, 1.54) is 0 Å². The fourth-order valence-corrected chi connectivity index (χ4v) is 4.12. The number of amides is 1. The fraction of sp³-hybridized carbons (Fsp3) is 0.611. The molecular weight excluding hydrogens is 344 g/mol. The maximum Gasteiger partial charge on any atom is 0.226 e. The van der Waals surface area contributed by atoms with E-state index in [-0.39, 0.29) is 36.7 Å². The highest BCUT2D eigenvalue weighted by Crippen LogP contribution is 2.41. The molecule has 6 nitrogen and oxygen atoms in total. The van der Waals surface area contributed by atoms with E-state index in [1.807, 2.05) is 6.07 Å². The van der Waals surface area contributed by atoms with Crippen molar-refractivity contribution in [2.24, 2.45) is 17.6 Å². The number of aliphatic hydroxyl groups excluding tert-OH is 1. The SMILES string of the molecule is COc1ccc(OC)c2c1CN(C(=O)[C@@H]1CCC[C@@H]1CN)CC2O.Cl. The van der Waals surface area contributed by atoms with Gasteiger partial charge in [0.05, 0.1) is 20.8 Å². The van der Waals surface area contributed by atoms with Crippen molar-refractivity contribution in [2.75, 3.05) is 27.3 Å². The van der Waals surface area contributed by atoms with Crippen molar-refractivity contribution < 1.29 is 19.4 Å². The van der Waals surface area contributed by atoms with E-state index >= 15 is 0 Å². The fourth-order valence-electron chi connectivity index (χ4n) is 4.12. The summed E-state index contributed by atoms with van der Waals surface area (Å²) in [6.07, 6.45) is 2.16. The molecule has 25 heavy (non-hydrogen) atoms. The summed E-state index contributed by atoms with van der Waals surface area (Å²) >= 11 is 0. The average molecular weight is 371 g/mol. The quantitative estimate of drug-likeness (QED) is 0.845. The molecule has 1 fully saturated rings. The molecule has 2 aliphatic rings. The highest BCUT2D eigenvalue weighted by Gasteiger charge is 2.38. The molecule has 3 atom stereocenters. The smallest absolute Gasteiger partial charge is 0.226 e. The summed E-state index contributed by atoms with van der Waals surface area (Å²) in [7, 11) is 3.17. The van der Waals surface area contributed by atoms with Gasteiger partial charge in [-0.05, 0) is 37.4 Å². The van der Waals surface area contributed by atoms with Crippen LogP contribution in [0.25, 0.3) is 0 Å². The van der Waals surface area contributed by atoms with Crippen molar-refractivity contribution >= 4 is 18.3 Å². The van der Waals surface area contributed by atoms with Crippen LogP contribution in [-0.2, 0) is 11.3 Å². The molecule has 0 aromatic heterocycles. The molecule has 3 N–H and O–H groups in total. The zero-order valence-corrected chi connectivity index (χ0v) is 15.6. The summed E-state index contributed by atoms with van der Waals surface area (Å²) in [5.74, 6) is 1.62. The average Bonchev–Trinajstić information content (AvgIpc) is 3.08. The third kappa shape index (κ3) is 3.57. The van der Waals surface area contributed by atoms with Crippen LogP contribution in [0.3, 0.4) is 0 Å². The molecule has 0 saturated heterocycles. The number of β-amino-alcohol motifs (C(OH)–C–C–N with tert-alkyl or cyclic N) is 1. The second kappa shape index (κ2) is 8.25. The van der Waals surface area contributed by atoms with Crippen LogP contribution in [-0.4, -0.2) is 43.2 Å². The van der Waals surface area contributed by atoms with E-state index in [1.54, 1.807) is 25.2 Å². The van der Waals surface area contributed by atoms with Crippen molar-refractivity contribution in [3.8, 4) is 11.5 Å². The molecule has 0 radical (unpaired) electrons. The van der Waals surface area contributed by atoms with E-state index in [9.17, 15) is 9.90 Å². The summed E-state index contributed by atoms with van der Waals surface area (Å²) < 4.78 is 10.8. The maximum absolute atomic E-state index is 13.0. The van der Waals surface area contributed by atoms with Crippen molar-refractivity contribution in [2.45, 2.75) is 31.9 Å². The predicted molar refractivity (Wildman–Crippen MR) is 97.1 cm³/mol. The number of ether oxygens (including phenoxy) is 2. The lowest BCUT2D eigenvalue weighted by molar-refractivity contribution is -0.139. The number of carbonyl (C=O) groups is 1. The Labute approximate surface area is 154 Å². The van der Waals surface area contributed by atoms with Gasteiger partial charge in [-0.25, -0.2) is 0 Å². The third-order valence-electron chi connectivity index (χ3n) is 5.38. The number of halogens is 1.